The molecule has 78 valence electrons. The molecule has 13 heavy (non-hydrogen) atoms. The van der Waals surface area contributed by atoms with Gasteiger partial charge in [0.1, 0.15) is 0 Å². The fourth-order valence-electron chi connectivity index (χ4n) is 1.13. The van der Waals surface area contributed by atoms with E-state index >= 15 is 0 Å². The molecule has 1 atom stereocenters. The fraction of sp³-hybridized carbons (Fsp3) is 0.800. The summed E-state index contributed by atoms with van der Waals surface area (Å²) in [5.74, 6) is 0.698. The van der Waals surface area contributed by atoms with Gasteiger partial charge in [0.25, 0.3) is 0 Å². The van der Waals surface area contributed by atoms with Crippen LogP contribution in [0.25, 0.3) is 0 Å². The van der Waals surface area contributed by atoms with Crippen LogP contribution in [0.2, 0.25) is 0 Å². The van der Waals surface area contributed by atoms with E-state index < -0.39 is 0 Å². The van der Waals surface area contributed by atoms with Crippen molar-refractivity contribution in [1.29, 1.82) is 0 Å². The molecule has 0 heterocycles. The van der Waals surface area contributed by atoms with Crippen LogP contribution in [0.15, 0.2) is 11.6 Å². The number of nitrogens with two attached hydrogens (primary N) is 1. The molecule has 0 bridgehead atoms. The van der Waals surface area contributed by atoms with Crippen LogP contribution in [0.4, 0.5) is 0 Å². The highest BCUT2D eigenvalue weighted by Crippen LogP contribution is 2.08. The zero-order chi connectivity index (χ0) is 10.3. The number of hydrogen-bond donors (Lipinski definition) is 3. The Balaban J connectivity index is 4.06. The van der Waals surface area contributed by atoms with E-state index in [1.807, 2.05) is 7.05 Å². The summed E-state index contributed by atoms with van der Waals surface area (Å²) in [7, 11) is 1.83. The Morgan fingerprint density at radius 1 is 1.46 bits per heavy atom. The first kappa shape index (κ1) is 12.6. The maximum absolute atomic E-state index is 5.88. The number of nitrogens with one attached hydrogen (secondary N) is 2. The van der Waals surface area contributed by atoms with Crippen molar-refractivity contribution in [3.63, 3.8) is 0 Å². The van der Waals surface area contributed by atoms with Gasteiger partial charge in [0.05, 0.1) is 6.17 Å². The number of rotatable bonds is 6. The van der Waals surface area contributed by atoms with E-state index in [2.05, 4.69) is 37.7 Å². The lowest BCUT2D eigenvalue weighted by molar-refractivity contribution is 0.506. The highest BCUT2D eigenvalue weighted by Gasteiger charge is 2.04. The van der Waals surface area contributed by atoms with Gasteiger partial charge in [-0.2, -0.15) is 0 Å². The minimum absolute atomic E-state index is 0.0613. The van der Waals surface area contributed by atoms with Crippen LogP contribution in [0, 0.1) is 5.92 Å². The van der Waals surface area contributed by atoms with Crippen LogP contribution in [0.1, 0.15) is 33.6 Å². The highest BCUT2D eigenvalue weighted by molar-refractivity contribution is 5.08. The third-order valence-electron chi connectivity index (χ3n) is 1.96. The lowest BCUT2D eigenvalue weighted by Crippen LogP contribution is -2.45. The Morgan fingerprint density at radius 2 is 2.08 bits per heavy atom. The summed E-state index contributed by atoms with van der Waals surface area (Å²) in [6.07, 6.45) is 4.28. The molecule has 0 unspecified atom stereocenters. The zero-order valence-electron chi connectivity index (χ0n) is 9.22. The molecule has 0 aromatic carbocycles. The van der Waals surface area contributed by atoms with Crippen LogP contribution in [-0.4, -0.2) is 13.2 Å². The van der Waals surface area contributed by atoms with Crippen molar-refractivity contribution in [2.75, 3.05) is 7.05 Å². The molecule has 0 aliphatic heterocycles. The molecule has 0 rings (SSSR count). The molecule has 0 aliphatic carbocycles. The SMILES string of the molecule is CC/C(=C/CC(C)C)[C@H](N)NNC. The summed E-state index contributed by atoms with van der Waals surface area (Å²) in [5, 5.41) is 0. The van der Waals surface area contributed by atoms with Crippen LogP contribution in [0.3, 0.4) is 0 Å². The first-order valence-corrected chi connectivity index (χ1v) is 4.98. The quantitative estimate of drug-likeness (QED) is 0.333. The predicted octanol–water partition coefficient (Wildman–Crippen LogP) is 1.38. The highest BCUT2D eigenvalue weighted by atomic mass is 15.4. The second-order valence-electron chi connectivity index (χ2n) is 3.63. The van der Waals surface area contributed by atoms with Crippen LogP contribution in [-0.2, 0) is 0 Å². The van der Waals surface area contributed by atoms with Gasteiger partial charge in [-0.05, 0) is 31.4 Å². The van der Waals surface area contributed by atoms with Gasteiger partial charge in [0.2, 0.25) is 0 Å². The maximum atomic E-state index is 5.88. The van der Waals surface area contributed by atoms with Crippen LogP contribution < -0.4 is 16.6 Å². The van der Waals surface area contributed by atoms with Crippen molar-refractivity contribution in [3.8, 4) is 0 Å². The van der Waals surface area contributed by atoms with Gasteiger partial charge in [0.15, 0.2) is 0 Å². The third kappa shape index (κ3) is 5.80. The minimum atomic E-state index is -0.0613. The molecule has 3 heteroatoms. The zero-order valence-corrected chi connectivity index (χ0v) is 9.22. The van der Waals surface area contributed by atoms with Gasteiger partial charge >= 0.3 is 0 Å². The fourth-order valence-corrected chi connectivity index (χ4v) is 1.13. The summed E-state index contributed by atoms with van der Waals surface area (Å²) < 4.78 is 0. The Hall–Kier alpha value is -0.380. The summed E-state index contributed by atoms with van der Waals surface area (Å²) in [4.78, 5) is 0. The smallest absolute Gasteiger partial charge is 0.0897 e. The number of allylic oxidation sites excluding steroid dienone is 1. The van der Waals surface area contributed by atoms with Crippen molar-refractivity contribution >= 4 is 0 Å². The van der Waals surface area contributed by atoms with Gasteiger partial charge in [-0.3, -0.25) is 5.43 Å². The van der Waals surface area contributed by atoms with E-state index in [1.54, 1.807) is 0 Å². The van der Waals surface area contributed by atoms with Crippen molar-refractivity contribution < 1.29 is 0 Å². The number of hydrazine groups is 1. The molecule has 4 N–H and O–H groups in total. The standard InChI is InChI=1S/C10H23N3/c1-5-9(7-6-8(2)3)10(11)13-12-4/h7-8,10,12-13H,5-6,11H2,1-4H3/b9-7-/t10-/m1/s1. The van der Waals surface area contributed by atoms with Crippen molar-refractivity contribution in [2.24, 2.45) is 11.7 Å². The summed E-state index contributed by atoms with van der Waals surface area (Å²) in [6.45, 7) is 6.55. The minimum Gasteiger partial charge on any atom is -0.311 e. The van der Waals surface area contributed by atoms with Crippen molar-refractivity contribution in [2.45, 2.75) is 39.8 Å². The van der Waals surface area contributed by atoms with E-state index in [-0.39, 0.29) is 6.17 Å². The van der Waals surface area contributed by atoms with Gasteiger partial charge in [-0.15, -0.1) is 0 Å². The molecule has 0 fully saturated rings. The third-order valence-corrected chi connectivity index (χ3v) is 1.96. The monoisotopic (exact) mass is 185 g/mol. The molecule has 3 nitrogen and oxygen atoms in total. The lowest BCUT2D eigenvalue weighted by Gasteiger charge is -2.16. The summed E-state index contributed by atoms with van der Waals surface area (Å²) in [5.41, 5.74) is 13.0. The molecular formula is C10H23N3. The Kier molecular flexibility index (Phi) is 6.86. The molecule has 0 radical (unpaired) electrons. The van der Waals surface area contributed by atoms with Crippen LogP contribution in [0.5, 0.6) is 0 Å². The lowest BCUT2D eigenvalue weighted by atomic mass is 10.0. The Labute approximate surface area is 81.7 Å². The van der Waals surface area contributed by atoms with Gasteiger partial charge in [0, 0.05) is 0 Å². The number of hydrogen-bond acceptors (Lipinski definition) is 3. The van der Waals surface area contributed by atoms with E-state index in [9.17, 15) is 0 Å². The van der Waals surface area contributed by atoms with E-state index in [4.69, 9.17) is 5.73 Å². The van der Waals surface area contributed by atoms with Crippen molar-refractivity contribution in [1.82, 2.24) is 10.9 Å². The van der Waals surface area contributed by atoms with Gasteiger partial charge in [-0.1, -0.05) is 26.8 Å². The average molecular weight is 185 g/mol. The molecule has 0 aromatic rings. The van der Waals surface area contributed by atoms with Crippen LogP contribution >= 0.6 is 0 Å². The molecule has 0 saturated heterocycles. The van der Waals surface area contributed by atoms with Gasteiger partial charge < -0.3 is 5.73 Å². The largest absolute Gasteiger partial charge is 0.311 e. The van der Waals surface area contributed by atoms with Crippen molar-refractivity contribution in [3.05, 3.63) is 11.6 Å². The normalized spacial score (nSPS) is 15.1. The molecule has 0 spiro atoms. The molecule has 0 aromatic heterocycles. The second-order valence-corrected chi connectivity index (χ2v) is 3.63. The predicted molar refractivity (Wildman–Crippen MR) is 58.0 cm³/mol. The topological polar surface area (TPSA) is 50.1 Å². The molecule has 0 aliphatic rings. The maximum Gasteiger partial charge on any atom is 0.0897 e. The first-order valence-electron chi connectivity index (χ1n) is 4.98. The van der Waals surface area contributed by atoms with Gasteiger partial charge in [-0.25, -0.2) is 5.43 Å². The van der Waals surface area contributed by atoms with E-state index in [1.165, 1.54) is 5.57 Å². The summed E-state index contributed by atoms with van der Waals surface area (Å²) in [6, 6.07) is 0. The molecule has 0 amide bonds. The van der Waals surface area contributed by atoms with E-state index in [0.29, 0.717) is 5.92 Å². The molecule has 0 saturated carbocycles. The van der Waals surface area contributed by atoms with E-state index in [0.717, 1.165) is 12.8 Å². The Morgan fingerprint density at radius 3 is 2.46 bits per heavy atom. The summed E-state index contributed by atoms with van der Waals surface area (Å²) >= 11 is 0. The first-order chi connectivity index (χ1) is 6.11. The second kappa shape index (κ2) is 7.06. The Bertz CT molecular complexity index is 152. The molecular weight excluding hydrogens is 162 g/mol. The average Bonchev–Trinajstić information content (AvgIpc) is 2.05.